The van der Waals surface area contributed by atoms with Crippen molar-refractivity contribution in [1.29, 1.82) is 0 Å². The molecule has 0 aliphatic heterocycles. The van der Waals surface area contributed by atoms with E-state index in [0.717, 1.165) is 12.1 Å². The van der Waals surface area contributed by atoms with E-state index in [-0.39, 0.29) is 15.4 Å². The van der Waals surface area contributed by atoms with Crippen LogP contribution in [0.2, 0.25) is 0 Å². The molecule has 0 aliphatic carbocycles. The van der Waals surface area contributed by atoms with Gasteiger partial charge in [0.25, 0.3) is 0 Å². The van der Waals surface area contributed by atoms with Crippen molar-refractivity contribution in [2.45, 2.75) is 11.5 Å². The molecule has 1 rings (SSSR count). The Bertz CT molecular complexity index is 346. The van der Waals surface area contributed by atoms with E-state index in [0.29, 0.717) is 0 Å². The van der Waals surface area contributed by atoms with Crippen LogP contribution in [0.4, 0.5) is 17.6 Å². The summed E-state index contributed by atoms with van der Waals surface area (Å²) in [5, 5.41) is -0.166. The topological polar surface area (TPSA) is 0 Å². The highest BCUT2D eigenvalue weighted by Crippen LogP contribution is 2.36. The largest absolute Gasteiger partial charge is 0.416 e. The smallest absolute Gasteiger partial charge is 0.207 e. The molecule has 0 amide bonds. The Morgan fingerprint density at radius 3 is 2.21 bits per heavy atom. The summed E-state index contributed by atoms with van der Waals surface area (Å²) in [4.78, 5) is 0. The summed E-state index contributed by atoms with van der Waals surface area (Å²) < 4.78 is 50.3. The molecule has 0 heterocycles. The fourth-order valence-electron chi connectivity index (χ4n) is 0.992. The molecule has 0 aliphatic rings. The molecule has 14 heavy (non-hydrogen) atoms. The number of benzene rings is 1. The van der Waals surface area contributed by atoms with Crippen molar-refractivity contribution in [2.24, 2.45) is 0 Å². The second-order valence-electron chi connectivity index (χ2n) is 2.55. The molecule has 0 atom stereocenters. The van der Waals surface area contributed by atoms with E-state index in [1.807, 2.05) is 0 Å². The van der Waals surface area contributed by atoms with Crippen LogP contribution in [0, 0.1) is 5.82 Å². The van der Waals surface area contributed by atoms with Gasteiger partial charge in [-0.05, 0) is 12.1 Å². The van der Waals surface area contributed by atoms with E-state index >= 15 is 0 Å². The van der Waals surface area contributed by atoms with Crippen molar-refractivity contribution in [3.05, 3.63) is 33.5 Å². The van der Waals surface area contributed by atoms with Crippen LogP contribution < -0.4 is 0 Å². The van der Waals surface area contributed by atoms with E-state index in [2.05, 4.69) is 31.9 Å². The van der Waals surface area contributed by atoms with Crippen LogP contribution in [0.15, 0.2) is 16.6 Å². The normalized spacial score (nSPS) is 11.9. The van der Waals surface area contributed by atoms with Crippen molar-refractivity contribution in [3.63, 3.8) is 0 Å². The second-order valence-corrected chi connectivity index (χ2v) is 4.02. The van der Waals surface area contributed by atoms with Crippen LogP contribution in [0.5, 0.6) is 0 Å². The van der Waals surface area contributed by atoms with Gasteiger partial charge in [-0.2, -0.15) is 13.2 Å². The minimum atomic E-state index is -4.53. The van der Waals surface area contributed by atoms with Crippen LogP contribution in [-0.2, 0) is 11.5 Å². The van der Waals surface area contributed by atoms with Gasteiger partial charge in [0.2, 0.25) is 0 Å². The van der Waals surface area contributed by atoms with Crippen LogP contribution in [0.3, 0.4) is 0 Å². The molecule has 0 nitrogen and oxygen atoms in total. The van der Waals surface area contributed by atoms with E-state index in [4.69, 9.17) is 0 Å². The minimum absolute atomic E-state index is 0.0759. The van der Waals surface area contributed by atoms with Crippen molar-refractivity contribution >= 4 is 31.9 Å². The predicted octanol–water partition coefficient (Wildman–Crippen LogP) is 4.50. The van der Waals surface area contributed by atoms with Gasteiger partial charge in [0.15, 0.2) is 0 Å². The predicted molar refractivity (Wildman–Crippen MR) is 51.7 cm³/mol. The molecule has 6 heteroatoms. The Kier molecular flexibility index (Phi) is 3.58. The van der Waals surface area contributed by atoms with Gasteiger partial charge in [0, 0.05) is 15.4 Å². The van der Waals surface area contributed by atoms with Crippen LogP contribution in [0.25, 0.3) is 0 Å². The number of hydrogen-bond donors (Lipinski definition) is 0. The van der Waals surface area contributed by atoms with Crippen molar-refractivity contribution < 1.29 is 17.6 Å². The Morgan fingerprint density at radius 1 is 1.21 bits per heavy atom. The summed E-state index contributed by atoms with van der Waals surface area (Å²) in [6.07, 6.45) is -4.53. The fourth-order valence-corrected chi connectivity index (χ4v) is 1.99. The van der Waals surface area contributed by atoms with Gasteiger partial charge in [-0.1, -0.05) is 31.9 Å². The fraction of sp³-hybridized carbons (Fsp3) is 0.250. The van der Waals surface area contributed by atoms with Gasteiger partial charge in [0.1, 0.15) is 5.82 Å². The average Bonchev–Trinajstić information content (AvgIpc) is 2.01. The summed E-state index contributed by atoms with van der Waals surface area (Å²) in [7, 11) is 0. The van der Waals surface area contributed by atoms with Crippen LogP contribution in [-0.4, -0.2) is 0 Å². The summed E-state index contributed by atoms with van der Waals surface area (Å²) in [6, 6.07) is 1.87. The van der Waals surface area contributed by atoms with Crippen molar-refractivity contribution in [3.8, 4) is 0 Å². The van der Waals surface area contributed by atoms with Gasteiger partial charge in [-0.3, -0.25) is 0 Å². The molecular formula is C8H4Br2F4. The number of halogens is 6. The summed E-state index contributed by atoms with van der Waals surface area (Å²) in [6.45, 7) is 0. The van der Waals surface area contributed by atoms with Gasteiger partial charge in [-0.25, -0.2) is 4.39 Å². The highest BCUT2D eigenvalue weighted by molar-refractivity contribution is 9.10. The van der Waals surface area contributed by atoms with Gasteiger partial charge >= 0.3 is 6.18 Å². The SMILES string of the molecule is Fc1cc(Br)cc(C(F)(F)F)c1CBr. The molecular weight excluding hydrogens is 332 g/mol. The van der Waals surface area contributed by atoms with Gasteiger partial charge in [0.05, 0.1) is 5.56 Å². The third kappa shape index (κ3) is 2.48. The second kappa shape index (κ2) is 4.18. The standard InChI is InChI=1S/C8H4Br2F4/c9-3-5-6(8(12,13)14)1-4(10)2-7(5)11/h1-2H,3H2. The first-order valence-electron chi connectivity index (χ1n) is 3.47. The van der Waals surface area contributed by atoms with E-state index in [9.17, 15) is 17.6 Å². The molecule has 0 saturated carbocycles. The quantitative estimate of drug-likeness (QED) is 0.523. The lowest BCUT2D eigenvalue weighted by atomic mass is 10.1. The minimum Gasteiger partial charge on any atom is -0.207 e. The monoisotopic (exact) mass is 334 g/mol. The van der Waals surface area contributed by atoms with E-state index in [1.165, 1.54) is 0 Å². The maximum absolute atomic E-state index is 13.1. The van der Waals surface area contributed by atoms with E-state index in [1.54, 1.807) is 0 Å². The molecule has 1 aromatic rings. The lowest BCUT2D eigenvalue weighted by molar-refractivity contribution is -0.138. The zero-order valence-corrected chi connectivity index (χ0v) is 9.80. The number of rotatable bonds is 1. The Hall–Kier alpha value is -0.100. The van der Waals surface area contributed by atoms with Crippen molar-refractivity contribution in [1.82, 2.24) is 0 Å². The highest BCUT2D eigenvalue weighted by atomic mass is 79.9. The Balaban J connectivity index is 3.40. The number of alkyl halides is 4. The molecule has 0 spiro atoms. The van der Waals surface area contributed by atoms with Gasteiger partial charge in [-0.15, -0.1) is 0 Å². The molecule has 0 N–H and O–H groups in total. The van der Waals surface area contributed by atoms with Gasteiger partial charge < -0.3 is 0 Å². The molecule has 0 aromatic heterocycles. The Labute approximate surface area is 94.6 Å². The first-order chi connectivity index (χ1) is 6.36. The summed E-state index contributed by atoms with van der Waals surface area (Å²) in [5.41, 5.74) is -1.33. The first-order valence-corrected chi connectivity index (χ1v) is 5.38. The summed E-state index contributed by atoms with van der Waals surface area (Å²) in [5.74, 6) is -0.872. The Morgan fingerprint density at radius 2 is 1.79 bits per heavy atom. The third-order valence-corrected chi connectivity index (χ3v) is 2.62. The molecule has 1 aromatic carbocycles. The average molecular weight is 336 g/mol. The molecule has 78 valence electrons. The van der Waals surface area contributed by atoms with Crippen LogP contribution in [0.1, 0.15) is 11.1 Å². The lowest BCUT2D eigenvalue weighted by Gasteiger charge is -2.12. The van der Waals surface area contributed by atoms with Crippen molar-refractivity contribution in [2.75, 3.05) is 0 Å². The summed E-state index contributed by atoms with van der Waals surface area (Å²) >= 11 is 5.63. The lowest BCUT2D eigenvalue weighted by Crippen LogP contribution is -2.10. The zero-order chi connectivity index (χ0) is 10.9. The maximum atomic E-state index is 13.1. The number of hydrogen-bond acceptors (Lipinski definition) is 0. The highest BCUT2D eigenvalue weighted by Gasteiger charge is 2.34. The maximum Gasteiger partial charge on any atom is 0.416 e. The molecule has 0 bridgehead atoms. The van der Waals surface area contributed by atoms with E-state index < -0.39 is 17.6 Å². The zero-order valence-electron chi connectivity index (χ0n) is 6.63. The molecule has 0 fully saturated rings. The third-order valence-electron chi connectivity index (χ3n) is 1.60. The molecule has 0 saturated heterocycles. The molecule has 0 unspecified atom stereocenters. The van der Waals surface area contributed by atoms with Crippen LogP contribution >= 0.6 is 31.9 Å². The first kappa shape index (κ1) is 12.0. The molecule has 0 radical (unpaired) electrons.